The molecule has 22 heavy (non-hydrogen) atoms. The van der Waals surface area contributed by atoms with Crippen molar-refractivity contribution in [2.75, 3.05) is 6.54 Å². The molecule has 0 saturated carbocycles. The van der Waals surface area contributed by atoms with Gasteiger partial charge in [0, 0.05) is 25.0 Å². The summed E-state index contributed by atoms with van der Waals surface area (Å²) in [5.41, 5.74) is 4.50. The number of aryl methyl sites for hydroxylation is 1. The largest absolute Gasteiger partial charge is 0.453 e. The Morgan fingerprint density at radius 2 is 2.36 bits per heavy atom. The van der Waals surface area contributed by atoms with E-state index in [1.54, 1.807) is 12.1 Å². The normalized spacial score (nSPS) is 13.7. The van der Waals surface area contributed by atoms with E-state index in [2.05, 4.69) is 15.6 Å². The summed E-state index contributed by atoms with van der Waals surface area (Å²) < 4.78 is 5.24. The maximum absolute atomic E-state index is 12.1. The molecule has 1 aliphatic rings. The summed E-state index contributed by atoms with van der Waals surface area (Å²) in [6.07, 6.45) is 2.85. The number of pyridine rings is 1. The predicted molar refractivity (Wildman–Crippen MR) is 80.2 cm³/mol. The summed E-state index contributed by atoms with van der Waals surface area (Å²) in [6.45, 7) is 3.93. The standard InChI is InChI=1S/C16H19N3O3/c1-10-14(13-4-5-17-6-11(13)7-18-10)8-19-16(21)15-3-2-12(9-20)22-15/h2-3,7,17,20H,4-6,8-9H2,1H3,(H,19,21). The van der Waals surface area contributed by atoms with Crippen LogP contribution in [0.15, 0.2) is 22.7 Å². The van der Waals surface area contributed by atoms with E-state index in [0.29, 0.717) is 12.3 Å². The van der Waals surface area contributed by atoms with Crippen LogP contribution in [-0.4, -0.2) is 22.5 Å². The third-order valence-electron chi connectivity index (χ3n) is 3.94. The number of carbonyl (C=O) groups is 1. The van der Waals surface area contributed by atoms with E-state index in [1.165, 1.54) is 11.1 Å². The Labute approximate surface area is 128 Å². The van der Waals surface area contributed by atoms with Gasteiger partial charge in [0.2, 0.25) is 0 Å². The summed E-state index contributed by atoms with van der Waals surface area (Å²) in [4.78, 5) is 16.5. The highest BCUT2D eigenvalue weighted by Gasteiger charge is 2.17. The van der Waals surface area contributed by atoms with E-state index < -0.39 is 0 Å². The molecule has 0 atom stereocenters. The average Bonchev–Trinajstić information content (AvgIpc) is 3.03. The molecular weight excluding hydrogens is 282 g/mol. The van der Waals surface area contributed by atoms with Crippen LogP contribution < -0.4 is 10.6 Å². The summed E-state index contributed by atoms with van der Waals surface area (Å²) in [5, 5.41) is 15.2. The number of aliphatic hydroxyl groups excluding tert-OH is 1. The van der Waals surface area contributed by atoms with Crippen molar-refractivity contribution in [3.05, 3.63) is 52.2 Å². The van der Waals surface area contributed by atoms with E-state index >= 15 is 0 Å². The SMILES string of the molecule is Cc1ncc2c(c1CNC(=O)c1ccc(CO)o1)CCNC2. The fourth-order valence-corrected chi connectivity index (χ4v) is 2.72. The number of amides is 1. The molecule has 0 spiro atoms. The molecule has 0 bridgehead atoms. The smallest absolute Gasteiger partial charge is 0.287 e. The van der Waals surface area contributed by atoms with Gasteiger partial charge < -0.3 is 20.2 Å². The van der Waals surface area contributed by atoms with E-state index in [9.17, 15) is 4.79 Å². The number of fused-ring (bicyclic) bond motifs is 1. The fraction of sp³-hybridized carbons (Fsp3) is 0.375. The van der Waals surface area contributed by atoms with E-state index in [-0.39, 0.29) is 18.3 Å². The second kappa shape index (κ2) is 6.29. The highest BCUT2D eigenvalue weighted by Crippen LogP contribution is 2.20. The number of rotatable bonds is 4. The molecule has 6 nitrogen and oxygen atoms in total. The minimum absolute atomic E-state index is 0.209. The molecule has 3 N–H and O–H groups in total. The van der Waals surface area contributed by atoms with Crippen LogP contribution in [0.3, 0.4) is 0 Å². The number of hydrogen-bond donors (Lipinski definition) is 3. The first-order chi connectivity index (χ1) is 10.7. The van der Waals surface area contributed by atoms with Gasteiger partial charge in [-0.05, 0) is 48.7 Å². The van der Waals surface area contributed by atoms with Crippen molar-refractivity contribution in [1.29, 1.82) is 0 Å². The molecule has 0 aliphatic carbocycles. The zero-order valence-corrected chi connectivity index (χ0v) is 12.5. The molecule has 1 amide bonds. The van der Waals surface area contributed by atoms with Gasteiger partial charge in [0.05, 0.1) is 0 Å². The van der Waals surface area contributed by atoms with Crippen molar-refractivity contribution in [2.45, 2.75) is 33.0 Å². The van der Waals surface area contributed by atoms with Crippen LogP contribution >= 0.6 is 0 Å². The molecule has 2 aromatic heterocycles. The Hall–Kier alpha value is -2.18. The number of furan rings is 1. The second-order valence-corrected chi connectivity index (χ2v) is 5.36. The van der Waals surface area contributed by atoms with E-state index in [0.717, 1.165) is 30.8 Å². The summed E-state index contributed by atoms with van der Waals surface area (Å²) in [6, 6.07) is 3.16. The van der Waals surface area contributed by atoms with Gasteiger partial charge in [-0.15, -0.1) is 0 Å². The second-order valence-electron chi connectivity index (χ2n) is 5.36. The Bertz CT molecular complexity index is 694. The van der Waals surface area contributed by atoms with Gasteiger partial charge in [-0.3, -0.25) is 9.78 Å². The van der Waals surface area contributed by atoms with Crippen LogP contribution in [0.1, 0.15) is 38.7 Å². The van der Waals surface area contributed by atoms with Gasteiger partial charge in [-0.2, -0.15) is 0 Å². The van der Waals surface area contributed by atoms with Gasteiger partial charge in [0.15, 0.2) is 5.76 Å². The Kier molecular flexibility index (Phi) is 4.22. The molecule has 3 rings (SSSR count). The van der Waals surface area contributed by atoms with Gasteiger partial charge in [-0.1, -0.05) is 0 Å². The molecule has 2 aromatic rings. The van der Waals surface area contributed by atoms with Crippen LogP contribution in [0, 0.1) is 6.92 Å². The van der Waals surface area contributed by atoms with Crippen molar-refractivity contribution >= 4 is 5.91 Å². The van der Waals surface area contributed by atoms with Crippen molar-refractivity contribution in [1.82, 2.24) is 15.6 Å². The summed E-state index contributed by atoms with van der Waals surface area (Å²) in [7, 11) is 0. The Morgan fingerprint density at radius 3 is 3.14 bits per heavy atom. The molecule has 0 fully saturated rings. The predicted octanol–water partition coefficient (Wildman–Crippen LogP) is 1.05. The molecular formula is C16H19N3O3. The van der Waals surface area contributed by atoms with Crippen molar-refractivity contribution in [3.63, 3.8) is 0 Å². The zero-order chi connectivity index (χ0) is 15.5. The van der Waals surface area contributed by atoms with Gasteiger partial charge in [-0.25, -0.2) is 0 Å². The maximum atomic E-state index is 12.1. The lowest BCUT2D eigenvalue weighted by Gasteiger charge is -2.21. The highest BCUT2D eigenvalue weighted by atomic mass is 16.4. The molecule has 116 valence electrons. The fourth-order valence-electron chi connectivity index (χ4n) is 2.72. The first kappa shape index (κ1) is 14.7. The number of aliphatic hydroxyl groups is 1. The van der Waals surface area contributed by atoms with Crippen molar-refractivity contribution in [3.8, 4) is 0 Å². The Morgan fingerprint density at radius 1 is 1.50 bits per heavy atom. The molecule has 0 saturated heterocycles. The van der Waals surface area contributed by atoms with Crippen LogP contribution in [0.25, 0.3) is 0 Å². The number of nitrogens with one attached hydrogen (secondary N) is 2. The van der Waals surface area contributed by atoms with E-state index in [4.69, 9.17) is 9.52 Å². The van der Waals surface area contributed by atoms with Crippen molar-refractivity contribution in [2.24, 2.45) is 0 Å². The van der Waals surface area contributed by atoms with Crippen LogP contribution in [0.5, 0.6) is 0 Å². The van der Waals surface area contributed by atoms with Crippen LogP contribution in [0.4, 0.5) is 0 Å². The molecule has 0 unspecified atom stereocenters. The minimum Gasteiger partial charge on any atom is -0.453 e. The lowest BCUT2D eigenvalue weighted by atomic mass is 9.96. The quantitative estimate of drug-likeness (QED) is 0.786. The maximum Gasteiger partial charge on any atom is 0.287 e. The Balaban J connectivity index is 1.75. The first-order valence-corrected chi connectivity index (χ1v) is 7.33. The molecule has 3 heterocycles. The molecule has 0 radical (unpaired) electrons. The van der Waals surface area contributed by atoms with Gasteiger partial charge in [0.1, 0.15) is 12.4 Å². The topological polar surface area (TPSA) is 87.4 Å². The average molecular weight is 301 g/mol. The molecule has 0 aromatic carbocycles. The van der Waals surface area contributed by atoms with Crippen LogP contribution in [0.2, 0.25) is 0 Å². The van der Waals surface area contributed by atoms with Crippen molar-refractivity contribution < 1.29 is 14.3 Å². The summed E-state index contributed by atoms with van der Waals surface area (Å²) in [5.74, 6) is 0.304. The number of hydrogen-bond acceptors (Lipinski definition) is 5. The molecule has 1 aliphatic heterocycles. The number of carbonyl (C=O) groups excluding carboxylic acids is 1. The molecule has 6 heteroatoms. The summed E-state index contributed by atoms with van der Waals surface area (Å²) >= 11 is 0. The number of nitrogens with zero attached hydrogens (tertiary/aromatic N) is 1. The lowest BCUT2D eigenvalue weighted by molar-refractivity contribution is 0.0918. The lowest BCUT2D eigenvalue weighted by Crippen LogP contribution is -2.28. The third kappa shape index (κ3) is 2.88. The number of aromatic nitrogens is 1. The zero-order valence-electron chi connectivity index (χ0n) is 12.5. The van der Waals surface area contributed by atoms with Gasteiger partial charge in [0.25, 0.3) is 5.91 Å². The minimum atomic E-state index is -0.286. The van der Waals surface area contributed by atoms with Gasteiger partial charge >= 0.3 is 0 Å². The van der Waals surface area contributed by atoms with Crippen LogP contribution in [-0.2, 0) is 26.1 Å². The van der Waals surface area contributed by atoms with E-state index in [1.807, 2.05) is 13.1 Å². The first-order valence-electron chi connectivity index (χ1n) is 7.33. The third-order valence-corrected chi connectivity index (χ3v) is 3.94. The monoisotopic (exact) mass is 301 g/mol. The highest BCUT2D eigenvalue weighted by molar-refractivity contribution is 5.91.